The van der Waals surface area contributed by atoms with Crippen molar-refractivity contribution in [2.75, 3.05) is 54.6 Å². The molecule has 302 valence electrons. The first-order chi connectivity index (χ1) is 27.7. The topological polar surface area (TPSA) is 296 Å². The van der Waals surface area contributed by atoms with Gasteiger partial charge in [0.05, 0.1) is 25.3 Å². The molecule has 57 heavy (non-hydrogen) atoms. The third kappa shape index (κ3) is 9.12. The predicted molar refractivity (Wildman–Crippen MR) is 198 cm³/mol. The van der Waals surface area contributed by atoms with Gasteiger partial charge in [0.2, 0.25) is 17.5 Å². The Morgan fingerprint density at radius 1 is 0.789 bits per heavy atom. The maximum atomic E-state index is 13.6. The van der Waals surface area contributed by atoms with E-state index in [0.717, 1.165) is 33.0 Å². The van der Waals surface area contributed by atoms with Crippen LogP contribution in [0.25, 0.3) is 23.0 Å². The highest BCUT2D eigenvalue weighted by molar-refractivity contribution is 7.99. The van der Waals surface area contributed by atoms with Gasteiger partial charge in [-0.15, -0.1) is 4.63 Å². The fourth-order valence-corrected chi connectivity index (χ4v) is 6.97. The molecule has 2 aliphatic rings. The van der Waals surface area contributed by atoms with Crippen LogP contribution in [0.3, 0.4) is 0 Å². The van der Waals surface area contributed by atoms with Crippen molar-refractivity contribution in [3.63, 3.8) is 0 Å². The fraction of sp³-hybridized carbons (Fsp3) is 0.375. The Morgan fingerprint density at radius 3 is 1.86 bits per heavy atom. The normalized spacial score (nSPS) is 14.9. The number of nitrogens with two attached hydrogens (primary N) is 1. The lowest BCUT2D eigenvalue weighted by Gasteiger charge is -2.30. The number of thioether (sulfide) groups is 2. The van der Waals surface area contributed by atoms with Crippen LogP contribution in [-0.4, -0.2) is 105 Å². The molecule has 2 aliphatic carbocycles. The predicted octanol–water partition coefficient (Wildman–Crippen LogP) is 2.06. The number of aliphatic hydroxyl groups is 2. The van der Waals surface area contributed by atoms with E-state index in [0.29, 0.717) is 48.6 Å². The highest BCUT2D eigenvalue weighted by Crippen LogP contribution is 2.40. The number of aromatic nitrogens is 8. The highest BCUT2D eigenvalue weighted by atomic mass is 32.2. The minimum Gasteiger partial charge on any atom is -0.396 e. The van der Waals surface area contributed by atoms with E-state index in [-0.39, 0.29) is 48.1 Å². The van der Waals surface area contributed by atoms with Gasteiger partial charge in [0, 0.05) is 36.1 Å². The van der Waals surface area contributed by atoms with E-state index >= 15 is 0 Å². The van der Waals surface area contributed by atoms with Crippen LogP contribution in [-0.2, 0) is 12.8 Å². The molecule has 0 bridgehead atoms. The van der Waals surface area contributed by atoms with Crippen molar-refractivity contribution < 1.29 is 42.2 Å². The summed E-state index contributed by atoms with van der Waals surface area (Å²) in [5.74, 6) is 0.483. The SMILES string of the molecule is NCCSCCO.O=c1onc(-c2nonc2NCCSCCO)n1[C@H]1Cc2ccc(F)cc21.O=c1onc(-c2nonc2[N+](=O)[O-])n1[C@H]1Cc2ccc(F)cc21. The van der Waals surface area contributed by atoms with E-state index in [9.17, 15) is 28.5 Å². The third-order valence-corrected chi connectivity index (χ3v) is 10.4. The minimum atomic E-state index is -0.836. The van der Waals surface area contributed by atoms with Crippen LogP contribution in [0.4, 0.5) is 20.4 Å². The van der Waals surface area contributed by atoms with Gasteiger partial charge in [0.15, 0.2) is 10.9 Å². The largest absolute Gasteiger partial charge is 0.446 e. The van der Waals surface area contributed by atoms with E-state index < -0.39 is 34.1 Å². The highest BCUT2D eigenvalue weighted by Gasteiger charge is 2.37. The van der Waals surface area contributed by atoms with Crippen LogP contribution < -0.4 is 22.6 Å². The second-order valence-electron chi connectivity index (χ2n) is 12.0. The van der Waals surface area contributed by atoms with Crippen molar-refractivity contribution in [1.82, 2.24) is 40.1 Å². The molecule has 21 nitrogen and oxygen atoms in total. The van der Waals surface area contributed by atoms with Crippen molar-refractivity contribution in [3.8, 4) is 23.0 Å². The number of rotatable bonds is 15. The maximum Gasteiger partial charge on any atom is 0.446 e. The van der Waals surface area contributed by atoms with Crippen molar-refractivity contribution in [3.05, 3.63) is 102 Å². The van der Waals surface area contributed by atoms with Crippen LogP contribution in [0.1, 0.15) is 34.3 Å². The summed E-state index contributed by atoms with van der Waals surface area (Å²) in [5, 5.41) is 52.6. The average Bonchev–Trinajstić information content (AvgIpc) is 4.00. The van der Waals surface area contributed by atoms with Crippen LogP contribution in [0.5, 0.6) is 0 Å². The van der Waals surface area contributed by atoms with Crippen LogP contribution in [0.2, 0.25) is 0 Å². The molecule has 0 spiro atoms. The molecule has 0 fully saturated rings. The molecule has 0 saturated carbocycles. The summed E-state index contributed by atoms with van der Waals surface area (Å²) in [6.45, 7) is 1.66. The quantitative estimate of drug-likeness (QED) is 0.0654. The molecule has 0 radical (unpaired) electrons. The second kappa shape index (κ2) is 18.9. The summed E-state index contributed by atoms with van der Waals surface area (Å²) >= 11 is 3.26. The lowest BCUT2D eigenvalue weighted by molar-refractivity contribution is -0.390. The van der Waals surface area contributed by atoms with Crippen molar-refractivity contribution in [1.29, 1.82) is 0 Å². The number of halogens is 2. The Balaban J connectivity index is 0.000000167. The van der Waals surface area contributed by atoms with Crippen LogP contribution in [0, 0.1) is 21.7 Å². The first kappa shape index (κ1) is 40.9. The minimum absolute atomic E-state index is 0.121. The van der Waals surface area contributed by atoms with Gasteiger partial charge in [-0.25, -0.2) is 32.1 Å². The summed E-state index contributed by atoms with van der Waals surface area (Å²) in [6.07, 6.45) is 0.998. The zero-order valence-corrected chi connectivity index (χ0v) is 31.2. The zero-order valence-electron chi connectivity index (χ0n) is 29.5. The number of anilines is 1. The molecular formula is C32H33F2N11O10S2. The van der Waals surface area contributed by atoms with Gasteiger partial charge in [-0.1, -0.05) is 22.4 Å². The Kier molecular flexibility index (Phi) is 13.6. The lowest BCUT2D eigenvalue weighted by atomic mass is 9.83. The van der Waals surface area contributed by atoms with Crippen molar-refractivity contribution in [2.45, 2.75) is 24.9 Å². The number of aliphatic hydroxyl groups excluding tert-OH is 2. The molecular weight excluding hydrogens is 801 g/mol. The zero-order chi connectivity index (χ0) is 40.5. The molecule has 6 aromatic rings. The number of hydrogen-bond acceptors (Lipinski definition) is 20. The van der Waals surface area contributed by atoms with Crippen LogP contribution >= 0.6 is 23.5 Å². The third-order valence-electron chi connectivity index (χ3n) is 8.48. The van der Waals surface area contributed by atoms with E-state index in [2.05, 4.69) is 45.4 Å². The summed E-state index contributed by atoms with van der Waals surface area (Å²) < 4.78 is 47.9. The average molecular weight is 834 g/mol. The Hall–Kier alpha value is -5.76. The summed E-state index contributed by atoms with van der Waals surface area (Å²) in [4.78, 5) is 34.3. The number of benzene rings is 2. The van der Waals surface area contributed by atoms with Gasteiger partial charge < -0.3 is 31.4 Å². The molecule has 2 aromatic carbocycles. The van der Waals surface area contributed by atoms with E-state index in [1.165, 1.54) is 28.8 Å². The Bertz CT molecular complexity index is 2410. The van der Waals surface area contributed by atoms with E-state index in [1.54, 1.807) is 35.7 Å². The molecule has 0 saturated heterocycles. The summed E-state index contributed by atoms with van der Waals surface area (Å²) in [6, 6.07) is 7.80. The van der Waals surface area contributed by atoms with Crippen LogP contribution in [0.15, 0.2) is 64.3 Å². The molecule has 8 rings (SSSR count). The van der Waals surface area contributed by atoms with E-state index in [1.807, 2.05) is 0 Å². The fourth-order valence-electron chi connectivity index (χ4n) is 5.89. The lowest BCUT2D eigenvalue weighted by Crippen LogP contribution is -2.31. The van der Waals surface area contributed by atoms with Gasteiger partial charge in [0.1, 0.15) is 11.6 Å². The monoisotopic (exact) mass is 833 g/mol. The molecule has 25 heteroatoms. The Labute approximate surface area is 326 Å². The number of hydrogen-bond donors (Lipinski definition) is 4. The summed E-state index contributed by atoms with van der Waals surface area (Å²) in [5.41, 5.74) is 8.22. The molecule has 0 amide bonds. The van der Waals surface area contributed by atoms with Crippen molar-refractivity contribution >= 4 is 35.2 Å². The molecule has 2 atom stereocenters. The van der Waals surface area contributed by atoms with Gasteiger partial charge in [-0.05, 0) is 79.8 Å². The number of nitrogens with one attached hydrogen (secondary N) is 1. The summed E-state index contributed by atoms with van der Waals surface area (Å²) in [7, 11) is 0. The second-order valence-corrected chi connectivity index (χ2v) is 14.4. The molecule has 0 unspecified atom stereocenters. The van der Waals surface area contributed by atoms with Gasteiger partial charge in [-0.2, -0.15) is 23.5 Å². The molecule has 0 aliphatic heterocycles. The standard InChI is InChI=1S/C16H16FN5O4S.C12H6FN5O5.C4H11NOS/c17-10-2-1-9-7-12(11(9)8-10)22-15(21-25-16(22)24)13-14(20-26-19-13)18-3-5-27-6-4-23;13-6-2-1-5-3-8(7(5)4-6)17-10(15-22-12(17)19)9-11(18(20)21)16-23-14-9;5-1-3-7-4-2-6/h1-2,8,12,23H,3-7H2,(H,18,20);1-2,4,8H,3H2;6H,1-5H2/t12-;8-;/m00./s1. The number of nitrogens with zero attached hydrogens (tertiary/aromatic N) is 9. The van der Waals surface area contributed by atoms with E-state index in [4.69, 9.17) is 25.1 Å². The molecule has 4 aromatic heterocycles. The Morgan fingerprint density at radius 2 is 1.32 bits per heavy atom. The first-order valence-corrected chi connectivity index (χ1v) is 19.3. The maximum absolute atomic E-state index is 13.6. The van der Waals surface area contributed by atoms with Crippen molar-refractivity contribution in [2.24, 2.45) is 5.73 Å². The molecule has 4 heterocycles. The van der Waals surface area contributed by atoms with Gasteiger partial charge in [-0.3, -0.25) is 9.05 Å². The van der Waals surface area contributed by atoms with Gasteiger partial charge in [0.25, 0.3) is 5.69 Å². The smallest absolute Gasteiger partial charge is 0.396 e. The number of fused-ring (bicyclic) bond motifs is 2. The molecule has 5 N–H and O–H groups in total. The number of nitro groups is 1. The van der Waals surface area contributed by atoms with Gasteiger partial charge >= 0.3 is 17.3 Å². The first-order valence-electron chi connectivity index (χ1n) is 17.0.